The van der Waals surface area contributed by atoms with E-state index in [1.54, 1.807) is 6.92 Å². The predicted molar refractivity (Wildman–Crippen MR) is 178 cm³/mol. The van der Waals surface area contributed by atoms with Crippen LogP contribution in [0.3, 0.4) is 0 Å². The highest BCUT2D eigenvalue weighted by Gasteiger charge is 2.37. The van der Waals surface area contributed by atoms with E-state index in [0.717, 1.165) is 25.2 Å². The van der Waals surface area contributed by atoms with Gasteiger partial charge in [-0.05, 0) is 73.4 Å². The zero-order chi connectivity index (χ0) is 36.2. The van der Waals surface area contributed by atoms with Crippen LogP contribution in [0.4, 0.5) is 49.6 Å². The average Bonchev–Trinajstić information content (AvgIpc) is 3.07. The standard InChI is InChI=1S/C18H22F3N3O.C17H20F3N3O/c1-4-10-25-16-15(18(19,20)21)11-22-17(24-16)23-14-8-6-13(7-9-14)12(3)5-2;1-4-11(3)12-6-8-13(9-7-12)22-16-21-10-14(17(18,19)20)15(23-16)24-5-2/h6-9,11-12H,4-5,10H2,1-3H3,(H,22,23,24);6-11H,4-5H2,1-3H3,(H,21,22,23). The van der Waals surface area contributed by atoms with E-state index in [0.29, 0.717) is 29.6 Å². The number of ether oxygens (including phenoxy) is 2. The minimum absolute atomic E-state index is 0.0581. The van der Waals surface area contributed by atoms with Gasteiger partial charge in [0.2, 0.25) is 23.7 Å². The zero-order valence-corrected chi connectivity index (χ0v) is 28.3. The number of benzene rings is 2. The molecule has 8 nitrogen and oxygen atoms in total. The summed E-state index contributed by atoms with van der Waals surface area (Å²) < 4.78 is 87.9. The highest BCUT2D eigenvalue weighted by molar-refractivity contribution is 5.55. The average molecular weight is 693 g/mol. The number of nitrogens with one attached hydrogen (secondary N) is 2. The van der Waals surface area contributed by atoms with Crippen molar-refractivity contribution in [3.05, 3.63) is 83.2 Å². The van der Waals surface area contributed by atoms with Gasteiger partial charge in [0.05, 0.1) is 13.2 Å². The van der Waals surface area contributed by atoms with Gasteiger partial charge in [0.25, 0.3) is 0 Å². The van der Waals surface area contributed by atoms with Crippen LogP contribution in [0.5, 0.6) is 11.8 Å². The van der Waals surface area contributed by atoms with Crippen LogP contribution < -0.4 is 20.1 Å². The van der Waals surface area contributed by atoms with Crippen molar-refractivity contribution in [3.63, 3.8) is 0 Å². The SMILES string of the molecule is CCCOc1nc(Nc2ccc(C(C)CC)cc2)ncc1C(F)(F)F.CCOc1nc(Nc2ccc(C(C)CC)cc2)ncc1C(F)(F)F. The van der Waals surface area contributed by atoms with Crippen LogP contribution in [0.25, 0.3) is 0 Å². The molecule has 0 saturated heterocycles. The monoisotopic (exact) mass is 692 g/mol. The van der Waals surface area contributed by atoms with Crippen LogP contribution in [0.2, 0.25) is 0 Å². The molecule has 4 aromatic rings. The maximum Gasteiger partial charge on any atom is 0.423 e. The molecular weight excluding hydrogens is 650 g/mol. The molecule has 0 saturated carbocycles. The van der Waals surface area contributed by atoms with Gasteiger partial charge < -0.3 is 20.1 Å². The first-order valence-electron chi connectivity index (χ1n) is 16.1. The molecule has 0 fully saturated rings. The van der Waals surface area contributed by atoms with Gasteiger partial charge in [0.1, 0.15) is 11.1 Å². The third kappa shape index (κ3) is 11.5. The van der Waals surface area contributed by atoms with Crippen LogP contribution in [0.1, 0.15) is 94.9 Å². The second-order valence-corrected chi connectivity index (χ2v) is 11.2. The molecule has 0 bridgehead atoms. The highest BCUT2D eigenvalue weighted by Crippen LogP contribution is 2.36. The smallest absolute Gasteiger partial charge is 0.423 e. The van der Waals surface area contributed by atoms with E-state index in [-0.39, 0.29) is 25.1 Å². The predicted octanol–water partition coefficient (Wildman–Crippen LogP) is 10.7. The molecule has 0 aliphatic carbocycles. The summed E-state index contributed by atoms with van der Waals surface area (Å²) in [6.07, 6.45) is -4.98. The molecular formula is C35H42F6N6O2. The first kappa shape index (κ1) is 38.8. The van der Waals surface area contributed by atoms with Crippen LogP contribution in [0, 0.1) is 0 Å². The lowest BCUT2D eigenvalue weighted by atomic mass is 9.99. The maximum absolute atomic E-state index is 13.0. The van der Waals surface area contributed by atoms with E-state index in [2.05, 4.69) is 58.3 Å². The molecule has 0 spiro atoms. The maximum atomic E-state index is 13.0. The molecule has 49 heavy (non-hydrogen) atoms. The molecule has 2 aromatic heterocycles. The van der Waals surface area contributed by atoms with Gasteiger partial charge in [-0.3, -0.25) is 0 Å². The first-order chi connectivity index (χ1) is 23.2. The van der Waals surface area contributed by atoms with Crippen LogP contribution in [-0.4, -0.2) is 33.1 Å². The fourth-order valence-electron chi connectivity index (χ4n) is 4.32. The Bertz CT molecular complexity index is 1600. The minimum atomic E-state index is -4.56. The van der Waals surface area contributed by atoms with E-state index in [9.17, 15) is 26.3 Å². The molecule has 2 atom stereocenters. The molecule has 4 rings (SSSR count). The van der Waals surface area contributed by atoms with Crippen molar-refractivity contribution in [1.82, 2.24) is 19.9 Å². The van der Waals surface area contributed by atoms with Gasteiger partial charge in [-0.1, -0.05) is 58.9 Å². The first-order valence-corrected chi connectivity index (χ1v) is 16.1. The van der Waals surface area contributed by atoms with Crippen molar-refractivity contribution in [2.45, 2.75) is 85.0 Å². The number of nitrogens with zero attached hydrogens (tertiary/aromatic N) is 4. The molecule has 0 aliphatic rings. The number of hydrogen-bond donors (Lipinski definition) is 2. The van der Waals surface area contributed by atoms with Gasteiger partial charge in [-0.15, -0.1) is 0 Å². The van der Waals surface area contributed by atoms with Crippen LogP contribution in [0.15, 0.2) is 60.9 Å². The molecule has 266 valence electrons. The van der Waals surface area contributed by atoms with Gasteiger partial charge in [-0.25, -0.2) is 9.97 Å². The van der Waals surface area contributed by atoms with Crippen molar-refractivity contribution in [2.24, 2.45) is 0 Å². The molecule has 0 amide bonds. The summed E-state index contributed by atoms with van der Waals surface area (Å²) in [7, 11) is 0. The van der Waals surface area contributed by atoms with E-state index in [1.807, 2.05) is 55.5 Å². The fraction of sp³-hybridized carbons (Fsp3) is 0.429. The number of aromatic nitrogens is 4. The Kier molecular flexibility index (Phi) is 14.0. The molecule has 2 aromatic carbocycles. The van der Waals surface area contributed by atoms with Crippen LogP contribution in [-0.2, 0) is 12.4 Å². The van der Waals surface area contributed by atoms with Crippen molar-refractivity contribution in [1.29, 1.82) is 0 Å². The van der Waals surface area contributed by atoms with E-state index < -0.39 is 35.2 Å². The second-order valence-electron chi connectivity index (χ2n) is 11.2. The Balaban J connectivity index is 0.000000266. The molecule has 0 radical (unpaired) electrons. The number of alkyl halides is 6. The summed E-state index contributed by atoms with van der Waals surface area (Å²) in [6, 6.07) is 15.3. The summed E-state index contributed by atoms with van der Waals surface area (Å²) in [4.78, 5) is 15.2. The lowest BCUT2D eigenvalue weighted by molar-refractivity contribution is -0.140. The molecule has 2 N–H and O–H groups in total. The minimum Gasteiger partial charge on any atom is -0.477 e. The topological polar surface area (TPSA) is 94.1 Å². The Morgan fingerprint density at radius 2 is 1.00 bits per heavy atom. The summed E-state index contributed by atoms with van der Waals surface area (Å²) in [5, 5.41) is 5.81. The van der Waals surface area contributed by atoms with E-state index in [1.165, 1.54) is 11.1 Å². The third-order valence-electron chi connectivity index (χ3n) is 7.54. The third-order valence-corrected chi connectivity index (χ3v) is 7.54. The van der Waals surface area contributed by atoms with Crippen LogP contribution >= 0.6 is 0 Å². The summed E-state index contributed by atoms with van der Waals surface area (Å²) in [6.45, 7) is 12.2. The lowest BCUT2D eigenvalue weighted by Crippen LogP contribution is -2.12. The Hall–Kier alpha value is -4.62. The quantitative estimate of drug-likeness (QED) is 0.134. The second kappa shape index (κ2) is 17.7. The van der Waals surface area contributed by atoms with E-state index in [4.69, 9.17) is 9.47 Å². The van der Waals surface area contributed by atoms with Gasteiger partial charge in [0, 0.05) is 23.8 Å². The molecule has 2 unspecified atom stereocenters. The Morgan fingerprint density at radius 3 is 1.33 bits per heavy atom. The summed E-state index contributed by atoms with van der Waals surface area (Å²) >= 11 is 0. The zero-order valence-electron chi connectivity index (χ0n) is 28.3. The van der Waals surface area contributed by atoms with Gasteiger partial charge in [0.15, 0.2) is 0 Å². The van der Waals surface area contributed by atoms with E-state index >= 15 is 0 Å². The fourth-order valence-corrected chi connectivity index (χ4v) is 4.32. The van der Waals surface area contributed by atoms with Gasteiger partial charge in [-0.2, -0.15) is 36.3 Å². The summed E-state index contributed by atoms with van der Waals surface area (Å²) in [5.74, 6) is 0.0938. The Morgan fingerprint density at radius 1 is 0.612 bits per heavy atom. The van der Waals surface area contributed by atoms with Crippen molar-refractivity contribution < 1.29 is 35.8 Å². The largest absolute Gasteiger partial charge is 0.477 e. The number of anilines is 4. The number of halogens is 6. The van der Waals surface area contributed by atoms with Crippen molar-refractivity contribution in [3.8, 4) is 11.8 Å². The van der Waals surface area contributed by atoms with Gasteiger partial charge >= 0.3 is 12.4 Å². The van der Waals surface area contributed by atoms with Crippen molar-refractivity contribution >= 4 is 23.3 Å². The highest BCUT2D eigenvalue weighted by atomic mass is 19.4. The van der Waals surface area contributed by atoms with Crippen molar-refractivity contribution in [2.75, 3.05) is 23.8 Å². The number of hydrogen-bond acceptors (Lipinski definition) is 8. The molecule has 14 heteroatoms. The summed E-state index contributed by atoms with van der Waals surface area (Å²) in [5.41, 5.74) is 1.85. The Labute approximate surface area is 282 Å². The lowest BCUT2D eigenvalue weighted by Gasteiger charge is -2.14. The number of rotatable bonds is 13. The normalized spacial score (nSPS) is 12.7. The molecule has 0 aliphatic heterocycles. The molecule has 2 heterocycles.